The minimum atomic E-state index is -0.520. The van der Waals surface area contributed by atoms with Gasteiger partial charge in [-0.1, -0.05) is 18.2 Å². The summed E-state index contributed by atoms with van der Waals surface area (Å²) >= 11 is 0. The van der Waals surface area contributed by atoms with E-state index in [0.29, 0.717) is 19.8 Å². The molecule has 3 nitrogen and oxygen atoms in total. The molecule has 1 aliphatic rings. The van der Waals surface area contributed by atoms with E-state index < -0.39 is 6.10 Å². The summed E-state index contributed by atoms with van der Waals surface area (Å²) in [6.07, 6.45) is -0.520. The van der Waals surface area contributed by atoms with Gasteiger partial charge >= 0.3 is 0 Å². The first-order valence-corrected chi connectivity index (χ1v) is 4.33. The molecule has 1 aromatic carbocycles. The summed E-state index contributed by atoms with van der Waals surface area (Å²) in [6.45, 7) is 1.15. The summed E-state index contributed by atoms with van der Waals surface area (Å²) in [7, 11) is 0. The van der Waals surface area contributed by atoms with Crippen LogP contribution in [0.15, 0.2) is 24.3 Å². The molecule has 1 aliphatic heterocycles. The summed E-state index contributed by atoms with van der Waals surface area (Å²) < 4.78 is 10.7. The van der Waals surface area contributed by atoms with Crippen molar-refractivity contribution in [3.63, 3.8) is 0 Å². The van der Waals surface area contributed by atoms with Crippen molar-refractivity contribution in [3.8, 4) is 5.75 Å². The smallest absolute Gasteiger partial charge is 0.124 e. The molecule has 0 fully saturated rings. The maximum absolute atomic E-state index is 9.29. The van der Waals surface area contributed by atoms with Gasteiger partial charge in [-0.2, -0.15) is 0 Å². The minimum absolute atomic E-state index is 0.303. The Hall–Kier alpha value is -1.06. The molecular weight excluding hydrogens is 168 g/mol. The van der Waals surface area contributed by atoms with Gasteiger partial charge in [-0.15, -0.1) is 0 Å². The van der Waals surface area contributed by atoms with Crippen molar-refractivity contribution in [2.24, 2.45) is 0 Å². The van der Waals surface area contributed by atoms with Crippen molar-refractivity contribution in [2.75, 3.05) is 13.2 Å². The quantitative estimate of drug-likeness (QED) is 0.646. The van der Waals surface area contributed by atoms with E-state index in [0.717, 1.165) is 11.3 Å². The van der Waals surface area contributed by atoms with Crippen LogP contribution in [0.2, 0.25) is 0 Å². The second-order valence-electron chi connectivity index (χ2n) is 3.09. The van der Waals surface area contributed by atoms with Crippen molar-refractivity contribution >= 4 is 0 Å². The normalized spacial score (nSPS) is 22.4. The van der Waals surface area contributed by atoms with Crippen molar-refractivity contribution in [1.29, 1.82) is 0 Å². The van der Waals surface area contributed by atoms with Gasteiger partial charge in [0.05, 0.1) is 13.2 Å². The molecule has 0 aromatic heterocycles. The average molecular weight is 180 g/mol. The molecule has 0 radical (unpaired) electrons. The number of aliphatic hydroxyl groups excluding tert-OH is 1. The van der Waals surface area contributed by atoms with Crippen LogP contribution in [0.5, 0.6) is 5.75 Å². The van der Waals surface area contributed by atoms with Crippen LogP contribution in [-0.2, 0) is 11.3 Å². The molecule has 70 valence electrons. The second kappa shape index (κ2) is 3.77. The average Bonchev–Trinajstić information content (AvgIpc) is 2.13. The molecule has 0 saturated carbocycles. The molecule has 0 saturated heterocycles. The number of fused-ring (bicyclic) bond motifs is 1. The fourth-order valence-corrected chi connectivity index (χ4v) is 1.30. The lowest BCUT2D eigenvalue weighted by molar-refractivity contribution is -0.00471. The predicted molar refractivity (Wildman–Crippen MR) is 47.6 cm³/mol. The van der Waals surface area contributed by atoms with Gasteiger partial charge in [0, 0.05) is 5.56 Å². The van der Waals surface area contributed by atoms with E-state index in [2.05, 4.69) is 0 Å². The van der Waals surface area contributed by atoms with E-state index in [1.54, 1.807) is 0 Å². The molecule has 0 aliphatic carbocycles. The standard InChI is InChI=1S/C10H12O3/c11-9-6-12-5-8-3-1-2-4-10(8)13-7-9/h1-4,9,11H,5-7H2. The molecule has 1 heterocycles. The molecule has 0 spiro atoms. The molecule has 0 amide bonds. The van der Waals surface area contributed by atoms with Crippen LogP contribution in [0.25, 0.3) is 0 Å². The lowest BCUT2D eigenvalue weighted by atomic mass is 10.2. The van der Waals surface area contributed by atoms with Crippen molar-refractivity contribution in [2.45, 2.75) is 12.7 Å². The van der Waals surface area contributed by atoms with Gasteiger partial charge in [-0.3, -0.25) is 0 Å². The number of hydrogen-bond donors (Lipinski definition) is 1. The van der Waals surface area contributed by atoms with Gasteiger partial charge in [0.15, 0.2) is 0 Å². The Morgan fingerprint density at radius 1 is 1.23 bits per heavy atom. The van der Waals surface area contributed by atoms with Crippen LogP contribution >= 0.6 is 0 Å². The Labute approximate surface area is 76.9 Å². The number of ether oxygens (including phenoxy) is 2. The van der Waals surface area contributed by atoms with E-state index >= 15 is 0 Å². The number of rotatable bonds is 0. The van der Waals surface area contributed by atoms with Gasteiger partial charge in [0.1, 0.15) is 18.5 Å². The third-order valence-corrected chi connectivity index (χ3v) is 1.97. The summed E-state index contributed by atoms with van der Waals surface area (Å²) in [6, 6.07) is 7.71. The first kappa shape index (κ1) is 8.53. The van der Waals surface area contributed by atoms with E-state index in [1.165, 1.54) is 0 Å². The molecule has 2 rings (SSSR count). The Kier molecular flexibility index (Phi) is 2.47. The van der Waals surface area contributed by atoms with Gasteiger partial charge < -0.3 is 14.6 Å². The number of benzene rings is 1. The summed E-state index contributed by atoms with van der Waals surface area (Å²) in [5, 5.41) is 9.29. The molecule has 1 N–H and O–H groups in total. The highest BCUT2D eigenvalue weighted by molar-refractivity contribution is 5.32. The highest BCUT2D eigenvalue weighted by Crippen LogP contribution is 2.20. The first-order valence-electron chi connectivity index (χ1n) is 4.33. The maximum Gasteiger partial charge on any atom is 0.124 e. The van der Waals surface area contributed by atoms with Crippen LogP contribution in [0.1, 0.15) is 5.56 Å². The molecule has 3 heteroatoms. The third-order valence-electron chi connectivity index (χ3n) is 1.97. The Balaban J connectivity index is 2.20. The largest absolute Gasteiger partial charge is 0.490 e. The van der Waals surface area contributed by atoms with Crippen LogP contribution in [-0.4, -0.2) is 24.4 Å². The first-order chi connectivity index (χ1) is 6.36. The SMILES string of the molecule is OC1COCc2ccccc2OC1. The zero-order chi connectivity index (χ0) is 9.10. The molecule has 1 aromatic rings. The maximum atomic E-state index is 9.29. The molecule has 1 atom stereocenters. The number of para-hydroxylation sites is 1. The molecule has 0 bridgehead atoms. The minimum Gasteiger partial charge on any atom is -0.490 e. The highest BCUT2D eigenvalue weighted by Gasteiger charge is 2.12. The van der Waals surface area contributed by atoms with Crippen LogP contribution in [0.4, 0.5) is 0 Å². The van der Waals surface area contributed by atoms with Crippen LogP contribution in [0.3, 0.4) is 0 Å². The van der Waals surface area contributed by atoms with Crippen LogP contribution in [0, 0.1) is 0 Å². The summed E-state index contributed by atoms with van der Waals surface area (Å²) in [5.74, 6) is 0.807. The number of hydrogen-bond acceptors (Lipinski definition) is 3. The second-order valence-corrected chi connectivity index (χ2v) is 3.09. The highest BCUT2D eigenvalue weighted by atomic mass is 16.5. The van der Waals surface area contributed by atoms with Gasteiger partial charge in [0.25, 0.3) is 0 Å². The Bertz CT molecular complexity index is 285. The molecule has 13 heavy (non-hydrogen) atoms. The van der Waals surface area contributed by atoms with E-state index in [1.807, 2.05) is 24.3 Å². The molecular formula is C10H12O3. The summed E-state index contributed by atoms with van der Waals surface area (Å²) in [4.78, 5) is 0. The van der Waals surface area contributed by atoms with Crippen molar-refractivity contribution in [1.82, 2.24) is 0 Å². The Morgan fingerprint density at radius 2 is 2.08 bits per heavy atom. The lowest BCUT2D eigenvalue weighted by Crippen LogP contribution is -2.25. The lowest BCUT2D eigenvalue weighted by Gasteiger charge is -2.18. The van der Waals surface area contributed by atoms with E-state index in [9.17, 15) is 5.11 Å². The van der Waals surface area contributed by atoms with Gasteiger partial charge in [0.2, 0.25) is 0 Å². The predicted octanol–water partition coefficient (Wildman–Crippen LogP) is 0.957. The number of aliphatic hydroxyl groups is 1. The van der Waals surface area contributed by atoms with E-state index in [4.69, 9.17) is 9.47 Å². The van der Waals surface area contributed by atoms with Gasteiger partial charge in [-0.05, 0) is 6.07 Å². The van der Waals surface area contributed by atoms with Gasteiger partial charge in [-0.25, -0.2) is 0 Å². The van der Waals surface area contributed by atoms with Crippen LogP contribution < -0.4 is 4.74 Å². The topological polar surface area (TPSA) is 38.7 Å². The van der Waals surface area contributed by atoms with Crippen molar-refractivity contribution in [3.05, 3.63) is 29.8 Å². The zero-order valence-electron chi connectivity index (χ0n) is 7.27. The monoisotopic (exact) mass is 180 g/mol. The Morgan fingerprint density at radius 3 is 3.00 bits per heavy atom. The van der Waals surface area contributed by atoms with E-state index in [-0.39, 0.29) is 0 Å². The summed E-state index contributed by atoms with van der Waals surface area (Å²) in [5.41, 5.74) is 1.04. The molecule has 1 unspecified atom stereocenters. The third kappa shape index (κ3) is 1.99. The van der Waals surface area contributed by atoms with Crippen molar-refractivity contribution < 1.29 is 14.6 Å². The zero-order valence-corrected chi connectivity index (χ0v) is 7.27. The fourth-order valence-electron chi connectivity index (χ4n) is 1.30. The fraction of sp³-hybridized carbons (Fsp3) is 0.400.